The molecule has 5 heteroatoms. The van der Waals surface area contributed by atoms with Crippen LogP contribution in [0.25, 0.3) is 0 Å². The van der Waals surface area contributed by atoms with E-state index in [-0.39, 0.29) is 23.5 Å². The summed E-state index contributed by atoms with van der Waals surface area (Å²) in [6.07, 6.45) is 0.691. The van der Waals surface area contributed by atoms with Crippen molar-refractivity contribution in [3.05, 3.63) is 151 Å². The van der Waals surface area contributed by atoms with Crippen LogP contribution in [0.4, 0.5) is 0 Å². The highest BCUT2D eigenvalue weighted by molar-refractivity contribution is 8.01. The van der Waals surface area contributed by atoms with Gasteiger partial charge in [0.15, 0.2) is 0 Å². The molecule has 0 aromatic heterocycles. The molecule has 1 unspecified atom stereocenters. The van der Waals surface area contributed by atoms with E-state index in [4.69, 9.17) is 4.74 Å². The molecular formula is C40H42N2O2P+. The monoisotopic (exact) mass is 613 g/mol. The highest BCUT2D eigenvalue weighted by Crippen LogP contribution is 2.54. The largest absolute Gasteiger partial charge is 0.489 e. The van der Waals surface area contributed by atoms with Gasteiger partial charge in [0.2, 0.25) is 5.91 Å². The summed E-state index contributed by atoms with van der Waals surface area (Å²) in [5.41, 5.74) is 2.21. The Kier molecular flexibility index (Phi) is 8.90. The summed E-state index contributed by atoms with van der Waals surface area (Å²) < 4.78 is 6.21. The third kappa shape index (κ3) is 6.31. The van der Waals surface area contributed by atoms with E-state index in [1.54, 1.807) is 0 Å². The lowest BCUT2D eigenvalue weighted by molar-refractivity contribution is -0.129. The molecule has 4 nitrogen and oxygen atoms in total. The van der Waals surface area contributed by atoms with Crippen molar-refractivity contribution in [2.24, 2.45) is 5.41 Å². The van der Waals surface area contributed by atoms with Gasteiger partial charge in [-0.05, 0) is 83.6 Å². The van der Waals surface area contributed by atoms with Crippen LogP contribution in [0.3, 0.4) is 0 Å². The fraction of sp³-hybridized carbons (Fsp3) is 0.225. The SMILES string of the molecule is CN1C(=O)[C@H](Cc2ccc(OCc3ccc([P+](c4ccccc4)(c4ccccc4)c4ccccc4)cc3)cc2)NC1C(C)(C)C. The molecule has 1 amide bonds. The number of amides is 1. The Balaban J connectivity index is 1.20. The normalized spacial score (nSPS) is 17.0. The molecule has 1 heterocycles. The summed E-state index contributed by atoms with van der Waals surface area (Å²) in [5.74, 6) is 0.967. The number of benzene rings is 5. The van der Waals surface area contributed by atoms with Crippen LogP contribution in [-0.2, 0) is 17.8 Å². The Morgan fingerprint density at radius 2 is 1.09 bits per heavy atom. The first kappa shape index (κ1) is 30.8. The van der Waals surface area contributed by atoms with Gasteiger partial charge >= 0.3 is 0 Å². The number of likely N-dealkylation sites (N-methyl/N-ethyl adjacent to an activating group) is 1. The van der Waals surface area contributed by atoms with Crippen LogP contribution in [0, 0.1) is 5.41 Å². The van der Waals surface area contributed by atoms with Gasteiger partial charge in [0.1, 0.15) is 40.8 Å². The van der Waals surface area contributed by atoms with E-state index < -0.39 is 7.26 Å². The first-order chi connectivity index (χ1) is 21.8. The number of nitrogens with one attached hydrogen (secondary N) is 1. The minimum absolute atomic E-state index is 0.0249. The lowest BCUT2D eigenvalue weighted by atomic mass is 9.92. The second kappa shape index (κ2) is 13.0. The molecule has 45 heavy (non-hydrogen) atoms. The van der Waals surface area contributed by atoms with Gasteiger partial charge in [-0.15, -0.1) is 0 Å². The van der Waals surface area contributed by atoms with E-state index in [2.05, 4.69) is 153 Å². The third-order valence-corrected chi connectivity index (χ3v) is 13.0. The van der Waals surface area contributed by atoms with Gasteiger partial charge in [-0.3, -0.25) is 10.1 Å². The van der Waals surface area contributed by atoms with Crippen molar-refractivity contribution in [1.29, 1.82) is 0 Å². The van der Waals surface area contributed by atoms with E-state index in [1.165, 1.54) is 21.2 Å². The topological polar surface area (TPSA) is 41.6 Å². The summed E-state index contributed by atoms with van der Waals surface area (Å²) in [6.45, 7) is 6.95. The molecule has 0 radical (unpaired) electrons. The molecule has 1 N–H and O–H groups in total. The number of carbonyl (C=O) groups excluding carboxylic acids is 1. The summed E-state index contributed by atoms with van der Waals surface area (Å²) in [7, 11) is -0.225. The van der Waals surface area contributed by atoms with Crippen LogP contribution in [-0.4, -0.2) is 30.1 Å². The molecule has 1 fully saturated rings. The quantitative estimate of drug-likeness (QED) is 0.201. The molecule has 1 aliphatic rings. The molecule has 1 saturated heterocycles. The summed E-state index contributed by atoms with van der Waals surface area (Å²) >= 11 is 0. The minimum Gasteiger partial charge on any atom is -0.489 e. The standard InChI is InChI=1S/C40H42N2O2P/c1-40(2,3)39-41-37(38(43)42(39)4)28-30-20-24-32(25-21-30)44-29-31-22-26-36(27-23-31)45(33-14-8-5-9-15-33,34-16-10-6-11-17-34)35-18-12-7-13-19-35/h5-27,37,39,41H,28-29H2,1-4H3/q+1/t37-,39?/m0/s1. The van der Waals surface area contributed by atoms with E-state index in [0.717, 1.165) is 16.9 Å². The van der Waals surface area contributed by atoms with Crippen molar-refractivity contribution >= 4 is 34.4 Å². The smallest absolute Gasteiger partial charge is 0.241 e. The number of ether oxygens (including phenoxy) is 1. The van der Waals surface area contributed by atoms with Crippen LogP contribution in [0.15, 0.2) is 140 Å². The van der Waals surface area contributed by atoms with E-state index >= 15 is 0 Å². The first-order valence-corrected chi connectivity index (χ1v) is 17.5. The van der Waals surface area contributed by atoms with Gasteiger partial charge in [0.25, 0.3) is 0 Å². The zero-order valence-electron chi connectivity index (χ0n) is 26.6. The molecule has 0 saturated carbocycles. The molecule has 0 bridgehead atoms. The van der Waals surface area contributed by atoms with Crippen molar-refractivity contribution < 1.29 is 9.53 Å². The van der Waals surface area contributed by atoms with Crippen LogP contribution in [0.2, 0.25) is 0 Å². The summed E-state index contributed by atoms with van der Waals surface area (Å²) in [5, 5.41) is 8.85. The predicted octanol–water partition coefficient (Wildman–Crippen LogP) is 6.23. The van der Waals surface area contributed by atoms with E-state index in [9.17, 15) is 4.79 Å². The number of hydrogen-bond donors (Lipinski definition) is 1. The van der Waals surface area contributed by atoms with E-state index in [0.29, 0.717) is 13.0 Å². The predicted molar refractivity (Wildman–Crippen MR) is 189 cm³/mol. The number of hydrogen-bond acceptors (Lipinski definition) is 3. The average molecular weight is 614 g/mol. The van der Waals surface area contributed by atoms with Gasteiger partial charge in [0, 0.05) is 7.05 Å². The third-order valence-electron chi connectivity index (χ3n) is 8.74. The molecule has 0 spiro atoms. The van der Waals surface area contributed by atoms with Crippen molar-refractivity contribution in [2.75, 3.05) is 7.05 Å². The van der Waals surface area contributed by atoms with E-state index in [1.807, 2.05) is 24.1 Å². The first-order valence-electron chi connectivity index (χ1n) is 15.7. The van der Waals surface area contributed by atoms with Gasteiger partial charge in [-0.25, -0.2) is 0 Å². The average Bonchev–Trinajstić information content (AvgIpc) is 3.36. The maximum atomic E-state index is 12.9. The maximum Gasteiger partial charge on any atom is 0.241 e. The van der Waals surface area contributed by atoms with Crippen LogP contribution in [0.5, 0.6) is 5.75 Å². The highest BCUT2D eigenvalue weighted by atomic mass is 31.2. The Morgan fingerprint density at radius 1 is 0.644 bits per heavy atom. The molecule has 2 atom stereocenters. The molecule has 228 valence electrons. The maximum absolute atomic E-state index is 12.9. The van der Waals surface area contributed by atoms with Crippen molar-refractivity contribution in [3.8, 4) is 5.75 Å². The number of carbonyl (C=O) groups is 1. The molecule has 5 aromatic rings. The Labute approximate surface area is 268 Å². The van der Waals surface area contributed by atoms with Gasteiger partial charge < -0.3 is 9.64 Å². The molecule has 6 rings (SSSR count). The van der Waals surface area contributed by atoms with Crippen molar-refractivity contribution in [2.45, 2.75) is 46.0 Å². The Bertz CT molecular complexity index is 1600. The summed E-state index contributed by atoms with van der Waals surface area (Å²) in [6, 6.07) is 49.7. The lowest BCUT2D eigenvalue weighted by Gasteiger charge is -2.32. The van der Waals surface area contributed by atoms with Crippen molar-refractivity contribution in [1.82, 2.24) is 10.2 Å². The fourth-order valence-electron chi connectivity index (χ4n) is 6.51. The zero-order chi connectivity index (χ0) is 31.4. The summed E-state index contributed by atoms with van der Waals surface area (Å²) in [4.78, 5) is 14.7. The second-order valence-electron chi connectivity index (χ2n) is 12.9. The Hall–Kier alpha value is -4.24. The zero-order valence-corrected chi connectivity index (χ0v) is 27.5. The van der Waals surface area contributed by atoms with Gasteiger partial charge in [0.05, 0.1) is 12.2 Å². The second-order valence-corrected chi connectivity index (χ2v) is 16.3. The lowest BCUT2D eigenvalue weighted by Crippen LogP contribution is -2.45. The fourth-order valence-corrected chi connectivity index (χ4v) is 10.8. The van der Waals surface area contributed by atoms with Gasteiger partial charge in [-0.2, -0.15) is 0 Å². The van der Waals surface area contributed by atoms with Gasteiger partial charge in [-0.1, -0.05) is 99.6 Å². The van der Waals surface area contributed by atoms with Crippen LogP contribution in [0.1, 0.15) is 31.9 Å². The minimum atomic E-state index is -2.12. The van der Waals surface area contributed by atoms with Crippen LogP contribution < -0.4 is 31.3 Å². The number of nitrogens with zero attached hydrogens (tertiary/aromatic N) is 1. The molecule has 1 aliphatic heterocycles. The number of rotatable bonds is 9. The molecular weight excluding hydrogens is 571 g/mol. The van der Waals surface area contributed by atoms with Crippen LogP contribution >= 0.6 is 7.26 Å². The highest BCUT2D eigenvalue weighted by Gasteiger charge is 2.47. The molecule has 0 aliphatic carbocycles. The Morgan fingerprint density at radius 3 is 1.53 bits per heavy atom. The molecule has 5 aromatic carbocycles. The van der Waals surface area contributed by atoms with Crippen molar-refractivity contribution in [3.63, 3.8) is 0 Å².